The van der Waals surface area contributed by atoms with E-state index in [1.165, 1.54) is 12.1 Å². The monoisotopic (exact) mass is 302 g/mol. The SMILES string of the molecule is CCCCC(N)C(=O)OCc1ccc([N+](=O)[O-])cc1.Cl. The van der Waals surface area contributed by atoms with Crippen LogP contribution in [0.3, 0.4) is 0 Å². The molecule has 0 saturated carbocycles. The number of non-ortho nitro benzene ring substituents is 1. The molecule has 0 heterocycles. The summed E-state index contributed by atoms with van der Waals surface area (Å²) in [4.78, 5) is 21.5. The molecule has 7 heteroatoms. The number of carbonyl (C=O) groups is 1. The van der Waals surface area contributed by atoms with E-state index in [2.05, 4.69) is 0 Å². The number of unbranched alkanes of at least 4 members (excludes halogenated alkanes) is 1. The first kappa shape index (κ1) is 18.3. The second-order valence-corrected chi connectivity index (χ2v) is 4.28. The smallest absolute Gasteiger partial charge is 0.323 e. The summed E-state index contributed by atoms with van der Waals surface area (Å²) in [7, 11) is 0. The second-order valence-electron chi connectivity index (χ2n) is 4.28. The highest BCUT2D eigenvalue weighted by Crippen LogP contribution is 2.13. The van der Waals surface area contributed by atoms with Gasteiger partial charge in [-0.05, 0) is 24.1 Å². The van der Waals surface area contributed by atoms with Gasteiger partial charge in [0.25, 0.3) is 5.69 Å². The molecule has 0 bridgehead atoms. The zero-order valence-electron chi connectivity index (χ0n) is 11.3. The number of nitro groups is 1. The Morgan fingerprint density at radius 3 is 2.50 bits per heavy atom. The van der Waals surface area contributed by atoms with Gasteiger partial charge in [-0.1, -0.05) is 19.8 Å². The minimum atomic E-state index is -0.599. The Morgan fingerprint density at radius 1 is 1.40 bits per heavy atom. The Labute approximate surface area is 123 Å². The van der Waals surface area contributed by atoms with Gasteiger partial charge in [0.2, 0.25) is 0 Å². The van der Waals surface area contributed by atoms with E-state index in [1.807, 2.05) is 6.92 Å². The molecule has 0 aromatic heterocycles. The largest absolute Gasteiger partial charge is 0.460 e. The molecular formula is C13H19ClN2O4. The van der Waals surface area contributed by atoms with Gasteiger partial charge in [-0.3, -0.25) is 14.9 Å². The van der Waals surface area contributed by atoms with Crippen LogP contribution in [0.5, 0.6) is 0 Å². The van der Waals surface area contributed by atoms with Crippen LogP contribution in [0.2, 0.25) is 0 Å². The molecule has 0 aliphatic carbocycles. The first-order chi connectivity index (χ1) is 9.04. The minimum absolute atomic E-state index is 0. The predicted octanol–water partition coefficient (Wildman–Crippen LogP) is 2.58. The highest BCUT2D eigenvalue weighted by molar-refractivity contribution is 5.85. The average Bonchev–Trinajstić information content (AvgIpc) is 2.42. The van der Waals surface area contributed by atoms with E-state index in [1.54, 1.807) is 12.1 Å². The fourth-order valence-corrected chi connectivity index (χ4v) is 1.52. The Morgan fingerprint density at radius 2 is 2.00 bits per heavy atom. The van der Waals surface area contributed by atoms with Crippen LogP contribution in [0.4, 0.5) is 5.69 Å². The van der Waals surface area contributed by atoms with Gasteiger partial charge in [0.15, 0.2) is 0 Å². The highest BCUT2D eigenvalue weighted by atomic mass is 35.5. The standard InChI is InChI=1S/C13H18N2O4.ClH/c1-2-3-4-12(14)13(16)19-9-10-5-7-11(8-6-10)15(17)18;/h5-8,12H,2-4,9,14H2,1H3;1H. The zero-order chi connectivity index (χ0) is 14.3. The topological polar surface area (TPSA) is 95.5 Å². The first-order valence-electron chi connectivity index (χ1n) is 6.20. The van der Waals surface area contributed by atoms with Crippen molar-refractivity contribution in [3.05, 3.63) is 39.9 Å². The molecule has 0 saturated heterocycles. The quantitative estimate of drug-likeness (QED) is 0.474. The predicted molar refractivity (Wildman–Crippen MR) is 77.6 cm³/mol. The third-order valence-electron chi connectivity index (χ3n) is 2.70. The Hall–Kier alpha value is -1.66. The number of hydrogen-bond donors (Lipinski definition) is 1. The number of hydrogen-bond acceptors (Lipinski definition) is 5. The molecule has 0 aliphatic rings. The number of nitrogens with two attached hydrogens (primary N) is 1. The first-order valence-corrected chi connectivity index (χ1v) is 6.20. The van der Waals surface area contributed by atoms with Gasteiger partial charge in [-0.25, -0.2) is 0 Å². The average molecular weight is 303 g/mol. The van der Waals surface area contributed by atoms with Crippen molar-refractivity contribution in [1.29, 1.82) is 0 Å². The number of rotatable bonds is 7. The van der Waals surface area contributed by atoms with Crippen LogP contribution in [0.1, 0.15) is 31.7 Å². The summed E-state index contributed by atoms with van der Waals surface area (Å²) in [5.74, 6) is -0.438. The van der Waals surface area contributed by atoms with Gasteiger partial charge >= 0.3 is 5.97 Å². The fourth-order valence-electron chi connectivity index (χ4n) is 1.52. The number of benzene rings is 1. The molecule has 1 aromatic carbocycles. The van der Waals surface area contributed by atoms with E-state index in [0.29, 0.717) is 12.0 Å². The summed E-state index contributed by atoms with van der Waals surface area (Å²) in [6, 6.07) is 5.27. The van der Waals surface area contributed by atoms with Crippen molar-refractivity contribution in [3.63, 3.8) is 0 Å². The van der Waals surface area contributed by atoms with E-state index in [0.717, 1.165) is 12.8 Å². The number of nitrogens with zero attached hydrogens (tertiary/aromatic N) is 1. The van der Waals surface area contributed by atoms with Crippen LogP contribution in [-0.2, 0) is 16.1 Å². The maximum absolute atomic E-state index is 11.5. The van der Waals surface area contributed by atoms with E-state index in [-0.39, 0.29) is 24.7 Å². The van der Waals surface area contributed by atoms with Crippen molar-refractivity contribution in [2.24, 2.45) is 5.73 Å². The third-order valence-corrected chi connectivity index (χ3v) is 2.70. The van der Waals surface area contributed by atoms with Crippen LogP contribution in [0, 0.1) is 10.1 Å². The van der Waals surface area contributed by atoms with Crippen molar-refractivity contribution in [3.8, 4) is 0 Å². The molecule has 1 atom stereocenters. The van der Waals surface area contributed by atoms with Crippen LogP contribution < -0.4 is 5.73 Å². The lowest BCUT2D eigenvalue weighted by Gasteiger charge is -2.10. The zero-order valence-corrected chi connectivity index (χ0v) is 12.1. The van der Waals surface area contributed by atoms with Gasteiger partial charge in [0, 0.05) is 12.1 Å². The lowest BCUT2D eigenvalue weighted by Crippen LogP contribution is -2.32. The fraction of sp³-hybridized carbons (Fsp3) is 0.462. The van der Waals surface area contributed by atoms with Crippen LogP contribution in [-0.4, -0.2) is 16.9 Å². The molecule has 1 aromatic rings. The number of nitro benzene ring substituents is 1. The Balaban J connectivity index is 0.00000361. The van der Waals surface area contributed by atoms with Crippen molar-refractivity contribution < 1.29 is 14.5 Å². The lowest BCUT2D eigenvalue weighted by atomic mass is 10.1. The molecule has 0 aliphatic heterocycles. The third kappa shape index (κ3) is 5.99. The number of carbonyl (C=O) groups excluding carboxylic acids is 1. The van der Waals surface area contributed by atoms with Gasteiger partial charge in [-0.2, -0.15) is 0 Å². The molecule has 1 unspecified atom stereocenters. The molecule has 20 heavy (non-hydrogen) atoms. The number of esters is 1. The van der Waals surface area contributed by atoms with Crippen molar-refractivity contribution >= 4 is 24.1 Å². The molecule has 0 fully saturated rings. The van der Waals surface area contributed by atoms with Crippen molar-refractivity contribution in [1.82, 2.24) is 0 Å². The molecule has 112 valence electrons. The van der Waals surface area contributed by atoms with Crippen molar-refractivity contribution in [2.75, 3.05) is 0 Å². The summed E-state index contributed by atoms with van der Waals surface area (Å²) in [6.07, 6.45) is 2.47. The summed E-state index contributed by atoms with van der Waals surface area (Å²) in [5, 5.41) is 10.5. The normalized spacial score (nSPS) is 11.3. The number of ether oxygens (including phenoxy) is 1. The Bertz CT molecular complexity index is 437. The van der Waals surface area contributed by atoms with Gasteiger partial charge in [-0.15, -0.1) is 12.4 Å². The maximum atomic E-state index is 11.5. The molecule has 6 nitrogen and oxygen atoms in total. The molecular weight excluding hydrogens is 284 g/mol. The van der Waals surface area contributed by atoms with Crippen molar-refractivity contribution in [2.45, 2.75) is 38.8 Å². The summed E-state index contributed by atoms with van der Waals surface area (Å²) < 4.78 is 5.05. The lowest BCUT2D eigenvalue weighted by molar-refractivity contribution is -0.384. The van der Waals surface area contributed by atoms with E-state index in [4.69, 9.17) is 10.5 Å². The van der Waals surface area contributed by atoms with E-state index in [9.17, 15) is 14.9 Å². The van der Waals surface area contributed by atoms with Gasteiger partial charge in [0.1, 0.15) is 12.6 Å². The molecule has 1 rings (SSSR count). The van der Waals surface area contributed by atoms with Gasteiger partial charge < -0.3 is 10.5 Å². The molecule has 2 N–H and O–H groups in total. The van der Waals surface area contributed by atoms with Crippen LogP contribution >= 0.6 is 12.4 Å². The van der Waals surface area contributed by atoms with E-state index >= 15 is 0 Å². The Kier molecular flexibility index (Phi) is 8.51. The number of halogens is 1. The minimum Gasteiger partial charge on any atom is -0.460 e. The second kappa shape index (κ2) is 9.28. The van der Waals surface area contributed by atoms with Crippen LogP contribution in [0.25, 0.3) is 0 Å². The molecule has 0 amide bonds. The maximum Gasteiger partial charge on any atom is 0.323 e. The molecule has 0 radical (unpaired) electrons. The summed E-state index contributed by atoms with van der Waals surface area (Å²) in [5.41, 5.74) is 6.37. The molecule has 0 spiro atoms. The summed E-state index contributed by atoms with van der Waals surface area (Å²) in [6.45, 7) is 2.10. The highest BCUT2D eigenvalue weighted by Gasteiger charge is 2.14. The van der Waals surface area contributed by atoms with E-state index < -0.39 is 16.9 Å². The summed E-state index contributed by atoms with van der Waals surface area (Å²) >= 11 is 0. The van der Waals surface area contributed by atoms with Crippen LogP contribution in [0.15, 0.2) is 24.3 Å². The van der Waals surface area contributed by atoms with Gasteiger partial charge in [0.05, 0.1) is 4.92 Å².